The maximum Gasteiger partial charge on any atom is 0.105 e. The van der Waals surface area contributed by atoms with E-state index in [1.807, 2.05) is 24.3 Å². The van der Waals surface area contributed by atoms with E-state index in [0.717, 1.165) is 5.56 Å². The molecule has 0 amide bonds. The van der Waals surface area contributed by atoms with Gasteiger partial charge in [-0.05, 0) is 23.0 Å². The van der Waals surface area contributed by atoms with Gasteiger partial charge in [-0.1, -0.05) is 61.0 Å². The van der Waals surface area contributed by atoms with E-state index in [0.29, 0.717) is 11.8 Å². The Morgan fingerprint density at radius 1 is 1.12 bits per heavy atom. The molecule has 0 aliphatic heterocycles. The molecule has 3 heteroatoms. The number of aliphatic hydroxyl groups is 2. The Kier molecular flexibility index (Phi) is 5.17. The SMILES string of the molecule is CC(C)(C)c1ccc(C(O)C(O)CCBr)cc1. The predicted molar refractivity (Wildman–Crippen MR) is 74.5 cm³/mol. The highest BCUT2D eigenvalue weighted by atomic mass is 79.9. The van der Waals surface area contributed by atoms with E-state index in [4.69, 9.17) is 0 Å². The summed E-state index contributed by atoms with van der Waals surface area (Å²) in [5.74, 6) is 0. The third kappa shape index (κ3) is 4.09. The van der Waals surface area contributed by atoms with Crippen LogP contribution in [0.1, 0.15) is 44.4 Å². The number of halogens is 1. The molecule has 0 aliphatic rings. The van der Waals surface area contributed by atoms with Crippen LogP contribution in [0.4, 0.5) is 0 Å². The molecule has 0 aliphatic carbocycles. The first-order valence-corrected chi connectivity index (χ1v) is 7.01. The van der Waals surface area contributed by atoms with Crippen molar-refractivity contribution < 1.29 is 10.2 Å². The fourth-order valence-corrected chi connectivity index (χ4v) is 2.14. The molecule has 0 aromatic heterocycles. The molecule has 0 bridgehead atoms. The maximum absolute atomic E-state index is 9.94. The Labute approximate surface area is 112 Å². The second kappa shape index (κ2) is 5.98. The summed E-state index contributed by atoms with van der Waals surface area (Å²) in [7, 11) is 0. The van der Waals surface area contributed by atoms with Gasteiger partial charge in [-0.2, -0.15) is 0 Å². The fourth-order valence-electron chi connectivity index (χ4n) is 1.67. The zero-order valence-electron chi connectivity index (χ0n) is 10.7. The lowest BCUT2D eigenvalue weighted by Crippen LogP contribution is -2.19. The first kappa shape index (κ1) is 14.7. The van der Waals surface area contributed by atoms with Crippen molar-refractivity contribution in [3.8, 4) is 0 Å². The molecule has 2 atom stereocenters. The average molecular weight is 301 g/mol. The van der Waals surface area contributed by atoms with Crippen molar-refractivity contribution in [3.63, 3.8) is 0 Å². The molecule has 1 rings (SSSR count). The first-order valence-electron chi connectivity index (χ1n) is 5.89. The molecule has 1 aromatic carbocycles. The van der Waals surface area contributed by atoms with Crippen molar-refractivity contribution in [3.05, 3.63) is 35.4 Å². The summed E-state index contributed by atoms with van der Waals surface area (Å²) in [5, 5.41) is 20.3. The molecule has 0 saturated carbocycles. The highest BCUT2D eigenvalue weighted by Crippen LogP contribution is 2.25. The molecule has 1 aromatic rings. The number of hydrogen-bond acceptors (Lipinski definition) is 2. The van der Waals surface area contributed by atoms with E-state index in [2.05, 4.69) is 36.7 Å². The van der Waals surface area contributed by atoms with Crippen molar-refractivity contribution >= 4 is 15.9 Å². The number of hydrogen-bond donors (Lipinski definition) is 2. The zero-order valence-corrected chi connectivity index (χ0v) is 12.2. The lowest BCUT2D eigenvalue weighted by molar-refractivity contribution is 0.0173. The van der Waals surface area contributed by atoms with E-state index in [9.17, 15) is 10.2 Å². The van der Waals surface area contributed by atoms with Crippen LogP contribution in [0.15, 0.2) is 24.3 Å². The number of rotatable bonds is 4. The Hall–Kier alpha value is -0.380. The molecule has 17 heavy (non-hydrogen) atoms. The molecular formula is C14H21BrO2. The quantitative estimate of drug-likeness (QED) is 0.839. The highest BCUT2D eigenvalue weighted by Gasteiger charge is 2.19. The number of aliphatic hydroxyl groups excluding tert-OH is 2. The van der Waals surface area contributed by atoms with Gasteiger partial charge in [-0.3, -0.25) is 0 Å². The molecule has 0 fully saturated rings. The minimum Gasteiger partial charge on any atom is -0.390 e. The van der Waals surface area contributed by atoms with Gasteiger partial charge in [0, 0.05) is 5.33 Å². The van der Waals surface area contributed by atoms with E-state index in [-0.39, 0.29) is 5.41 Å². The van der Waals surface area contributed by atoms with Crippen LogP contribution in [0.3, 0.4) is 0 Å². The maximum atomic E-state index is 9.94. The second-order valence-electron chi connectivity index (χ2n) is 5.36. The van der Waals surface area contributed by atoms with Crippen molar-refractivity contribution in [2.75, 3.05) is 5.33 Å². The Balaban J connectivity index is 2.80. The Bertz CT molecular complexity index is 340. The van der Waals surface area contributed by atoms with Crippen molar-refractivity contribution in [2.24, 2.45) is 0 Å². The highest BCUT2D eigenvalue weighted by molar-refractivity contribution is 9.09. The fraction of sp³-hybridized carbons (Fsp3) is 0.571. The molecule has 0 spiro atoms. The summed E-state index contributed by atoms with van der Waals surface area (Å²) in [4.78, 5) is 0. The molecular weight excluding hydrogens is 280 g/mol. The van der Waals surface area contributed by atoms with Crippen LogP contribution in [0, 0.1) is 0 Å². The van der Waals surface area contributed by atoms with Gasteiger partial charge in [0.1, 0.15) is 6.10 Å². The lowest BCUT2D eigenvalue weighted by Gasteiger charge is -2.21. The van der Waals surface area contributed by atoms with Gasteiger partial charge < -0.3 is 10.2 Å². The molecule has 0 heterocycles. The first-order chi connectivity index (χ1) is 7.86. The second-order valence-corrected chi connectivity index (χ2v) is 6.15. The van der Waals surface area contributed by atoms with Crippen LogP contribution in [-0.4, -0.2) is 21.6 Å². The molecule has 0 saturated heterocycles. The average Bonchev–Trinajstić information content (AvgIpc) is 2.27. The van der Waals surface area contributed by atoms with Crippen LogP contribution < -0.4 is 0 Å². The summed E-state index contributed by atoms with van der Waals surface area (Å²) < 4.78 is 0. The van der Waals surface area contributed by atoms with Gasteiger partial charge in [-0.25, -0.2) is 0 Å². The van der Waals surface area contributed by atoms with Crippen LogP contribution in [0.25, 0.3) is 0 Å². The molecule has 2 unspecified atom stereocenters. The van der Waals surface area contributed by atoms with Gasteiger partial charge in [0.2, 0.25) is 0 Å². The van der Waals surface area contributed by atoms with Crippen LogP contribution in [0.2, 0.25) is 0 Å². The van der Waals surface area contributed by atoms with Crippen LogP contribution >= 0.6 is 15.9 Å². The molecule has 2 nitrogen and oxygen atoms in total. The van der Waals surface area contributed by atoms with E-state index in [1.165, 1.54) is 5.56 Å². The summed E-state index contributed by atoms with van der Waals surface area (Å²) in [6.07, 6.45) is -0.973. The predicted octanol–water partition coefficient (Wildman–Crippen LogP) is 3.16. The van der Waals surface area contributed by atoms with Gasteiger partial charge in [0.15, 0.2) is 0 Å². The molecule has 2 N–H and O–H groups in total. The minimum absolute atomic E-state index is 0.109. The Morgan fingerprint density at radius 2 is 1.65 bits per heavy atom. The number of benzene rings is 1. The topological polar surface area (TPSA) is 40.5 Å². The van der Waals surface area contributed by atoms with Gasteiger partial charge in [0.25, 0.3) is 0 Å². The van der Waals surface area contributed by atoms with Crippen molar-refractivity contribution in [2.45, 2.75) is 44.8 Å². The molecule has 96 valence electrons. The lowest BCUT2D eigenvalue weighted by atomic mass is 9.86. The normalized spacial score (nSPS) is 15.6. The summed E-state index contributed by atoms with van der Waals surface area (Å²) >= 11 is 3.26. The monoisotopic (exact) mass is 300 g/mol. The Morgan fingerprint density at radius 3 is 2.06 bits per heavy atom. The summed E-state index contributed by atoms with van der Waals surface area (Å²) in [5.41, 5.74) is 2.10. The van der Waals surface area contributed by atoms with Crippen LogP contribution in [0.5, 0.6) is 0 Å². The van der Waals surface area contributed by atoms with Crippen molar-refractivity contribution in [1.29, 1.82) is 0 Å². The van der Waals surface area contributed by atoms with Gasteiger partial charge in [0.05, 0.1) is 6.10 Å². The third-order valence-electron chi connectivity index (χ3n) is 2.89. The molecule has 0 radical (unpaired) electrons. The zero-order chi connectivity index (χ0) is 13.1. The van der Waals surface area contributed by atoms with Gasteiger partial charge in [-0.15, -0.1) is 0 Å². The smallest absolute Gasteiger partial charge is 0.105 e. The minimum atomic E-state index is -0.804. The van der Waals surface area contributed by atoms with Gasteiger partial charge >= 0.3 is 0 Å². The van der Waals surface area contributed by atoms with E-state index in [1.54, 1.807) is 0 Å². The summed E-state index contributed by atoms with van der Waals surface area (Å²) in [6, 6.07) is 7.81. The summed E-state index contributed by atoms with van der Waals surface area (Å²) in [6.45, 7) is 6.45. The third-order valence-corrected chi connectivity index (χ3v) is 3.35. The standard InChI is InChI=1S/C14H21BrO2/c1-14(2,3)11-6-4-10(5-7-11)13(17)12(16)8-9-15/h4-7,12-13,16-17H,8-9H2,1-3H3. The number of alkyl halides is 1. The van der Waals surface area contributed by atoms with Crippen LogP contribution in [-0.2, 0) is 5.41 Å². The largest absolute Gasteiger partial charge is 0.390 e. The van der Waals surface area contributed by atoms with E-state index < -0.39 is 12.2 Å². The van der Waals surface area contributed by atoms with Crippen molar-refractivity contribution in [1.82, 2.24) is 0 Å². The van der Waals surface area contributed by atoms with E-state index >= 15 is 0 Å².